The highest BCUT2D eigenvalue weighted by Crippen LogP contribution is 2.07. The molecule has 1 atom stereocenters. The van der Waals surface area contributed by atoms with Gasteiger partial charge in [0.1, 0.15) is 0 Å². The highest BCUT2D eigenvalue weighted by Gasteiger charge is 1.98. The van der Waals surface area contributed by atoms with Crippen molar-refractivity contribution in [2.45, 2.75) is 31.7 Å². The van der Waals surface area contributed by atoms with E-state index in [-0.39, 0.29) is 18.4 Å². The molecule has 0 heterocycles. The van der Waals surface area contributed by atoms with Gasteiger partial charge in [0.25, 0.3) is 0 Å². The van der Waals surface area contributed by atoms with Crippen LogP contribution in [-0.2, 0) is 6.42 Å². The summed E-state index contributed by atoms with van der Waals surface area (Å²) in [5.74, 6) is 0.797. The zero-order chi connectivity index (χ0) is 10.2. The van der Waals surface area contributed by atoms with Crippen LogP contribution >= 0.6 is 25.0 Å². The van der Waals surface area contributed by atoms with Crippen molar-refractivity contribution in [3.63, 3.8) is 0 Å². The Hall–Kier alpha value is -0.180. The smallest absolute Gasteiger partial charge is 0.0127 e. The van der Waals surface area contributed by atoms with Crippen molar-refractivity contribution in [2.75, 3.05) is 5.75 Å². The van der Waals surface area contributed by atoms with Gasteiger partial charge < -0.3 is 5.73 Å². The molecule has 0 aliphatic carbocycles. The van der Waals surface area contributed by atoms with Crippen molar-refractivity contribution in [1.29, 1.82) is 0 Å². The van der Waals surface area contributed by atoms with Gasteiger partial charge in [0.05, 0.1) is 0 Å². The molecule has 0 unspecified atom stereocenters. The van der Waals surface area contributed by atoms with E-state index in [1.807, 2.05) is 0 Å². The normalized spacial score (nSPS) is 11.9. The topological polar surface area (TPSA) is 26.0 Å². The number of benzene rings is 1. The Labute approximate surface area is 104 Å². The molecule has 0 spiro atoms. The van der Waals surface area contributed by atoms with Gasteiger partial charge >= 0.3 is 0 Å². The number of rotatable bonds is 6. The molecule has 0 saturated carbocycles. The van der Waals surface area contributed by atoms with Gasteiger partial charge in [-0.2, -0.15) is 12.6 Å². The lowest BCUT2D eigenvalue weighted by molar-refractivity contribution is 0.604. The highest BCUT2D eigenvalue weighted by molar-refractivity contribution is 7.80. The Morgan fingerprint density at radius 3 is 2.40 bits per heavy atom. The van der Waals surface area contributed by atoms with E-state index in [0.717, 1.165) is 12.2 Å². The molecule has 2 N–H and O–H groups in total. The quantitative estimate of drug-likeness (QED) is 0.585. The summed E-state index contributed by atoms with van der Waals surface area (Å²) in [6.07, 6.45) is 4.69. The number of aryl methyl sites for hydroxylation is 1. The minimum Gasteiger partial charge on any atom is -0.327 e. The molecular weight excluding hydrogens is 226 g/mol. The van der Waals surface area contributed by atoms with Gasteiger partial charge in [0, 0.05) is 11.8 Å². The van der Waals surface area contributed by atoms with Gasteiger partial charge in [-0.15, -0.1) is 12.4 Å². The first kappa shape index (κ1) is 14.8. The highest BCUT2D eigenvalue weighted by atomic mass is 35.5. The van der Waals surface area contributed by atoms with Gasteiger partial charge in [-0.05, 0) is 24.8 Å². The number of hydrogen-bond donors (Lipinski definition) is 2. The molecule has 3 heteroatoms. The average molecular weight is 246 g/mol. The first-order chi connectivity index (χ1) is 6.83. The lowest BCUT2D eigenvalue weighted by Crippen LogP contribution is -2.21. The molecule has 0 amide bonds. The fourth-order valence-electron chi connectivity index (χ4n) is 1.47. The summed E-state index contributed by atoms with van der Waals surface area (Å²) in [6.45, 7) is 0. The summed E-state index contributed by atoms with van der Waals surface area (Å²) in [5, 5.41) is 0. The number of hydrogen-bond acceptors (Lipinski definition) is 2. The summed E-state index contributed by atoms with van der Waals surface area (Å²) in [5.41, 5.74) is 7.20. The number of unbranched alkanes of at least 4 members (excludes halogenated alkanes) is 1. The van der Waals surface area contributed by atoms with E-state index < -0.39 is 0 Å². The molecule has 0 aliphatic heterocycles. The molecule has 0 radical (unpaired) electrons. The largest absolute Gasteiger partial charge is 0.327 e. The van der Waals surface area contributed by atoms with Crippen LogP contribution in [0.3, 0.4) is 0 Å². The van der Waals surface area contributed by atoms with E-state index in [9.17, 15) is 0 Å². The van der Waals surface area contributed by atoms with Crippen LogP contribution in [-0.4, -0.2) is 11.8 Å². The third kappa shape index (κ3) is 6.82. The van der Waals surface area contributed by atoms with Crippen LogP contribution in [0.4, 0.5) is 0 Å². The third-order valence-electron chi connectivity index (χ3n) is 2.37. The summed E-state index contributed by atoms with van der Waals surface area (Å²) in [4.78, 5) is 0. The molecule has 86 valence electrons. The van der Waals surface area contributed by atoms with Crippen molar-refractivity contribution in [3.8, 4) is 0 Å². The van der Waals surface area contributed by atoms with Crippen molar-refractivity contribution >= 4 is 25.0 Å². The molecule has 0 fully saturated rings. The molecule has 0 saturated heterocycles. The van der Waals surface area contributed by atoms with Crippen molar-refractivity contribution in [2.24, 2.45) is 5.73 Å². The van der Waals surface area contributed by atoms with Crippen molar-refractivity contribution in [3.05, 3.63) is 35.9 Å². The van der Waals surface area contributed by atoms with E-state index in [1.165, 1.54) is 24.8 Å². The van der Waals surface area contributed by atoms with Crippen LogP contribution in [0.15, 0.2) is 30.3 Å². The van der Waals surface area contributed by atoms with E-state index in [1.54, 1.807) is 0 Å². The maximum absolute atomic E-state index is 5.78. The summed E-state index contributed by atoms with van der Waals surface area (Å²) in [6, 6.07) is 10.9. The Kier molecular flexibility index (Phi) is 8.97. The molecule has 1 aromatic rings. The summed E-state index contributed by atoms with van der Waals surface area (Å²) < 4.78 is 0. The summed E-state index contributed by atoms with van der Waals surface area (Å²) in [7, 11) is 0. The average Bonchev–Trinajstić information content (AvgIpc) is 2.25. The maximum atomic E-state index is 5.78. The van der Waals surface area contributed by atoms with Crippen LogP contribution in [0, 0.1) is 0 Å². The molecular formula is C12H20ClNS. The van der Waals surface area contributed by atoms with Crippen molar-refractivity contribution in [1.82, 2.24) is 0 Å². The maximum Gasteiger partial charge on any atom is 0.0127 e. The van der Waals surface area contributed by atoms with Crippen LogP contribution in [0.25, 0.3) is 0 Å². The number of thiol groups is 1. The second-order valence-corrected chi connectivity index (χ2v) is 4.04. The van der Waals surface area contributed by atoms with Gasteiger partial charge in [-0.1, -0.05) is 36.8 Å². The zero-order valence-corrected chi connectivity index (χ0v) is 10.6. The monoisotopic (exact) mass is 245 g/mol. The van der Waals surface area contributed by atoms with Crippen LogP contribution in [0.2, 0.25) is 0 Å². The van der Waals surface area contributed by atoms with Crippen LogP contribution in [0.1, 0.15) is 24.8 Å². The fourth-order valence-corrected chi connectivity index (χ4v) is 1.65. The first-order valence-electron chi connectivity index (χ1n) is 5.23. The minimum atomic E-state index is 0. The molecule has 0 aliphatic rings. The van der Waals surface area contributed by atoms with E-state index >= 15 is 0 Å². The first-order valence-corrected chi connectivity index (χ1v) is 5.86. The van der Waals surface area contributed by atoms with Gasteiger partial charge in [-0.3, -0.25) is 0 Å². The van der Waals surface area contributed by atoms with E-state index in [4.69, 9.17) is 5.73 Å². The Balaban J connectivity index is 0.00000196. The predicted molar refractivity (Wildman–Crippen MR) is 73.1 cm³/mol. The zero-order valence-electron chi connectivity index (χ0n) is 8.93. The standard InChI is InChI=1S/C12H19NS.ClH/c13-12(10-14)9-5-4-8-11-6-2-1-3-7-11;/h1-3,6-7,12,14H,4-5,8-10,13H2;1H/t12-;/m1./s1. The summed E-state index contributed by atoms with van der Waals surface area (Å²) >= 11 is 4.16. The van der Waals surface area contributed by atoms with Gasteiger partial charge in [-0.25, -0.2) is 0 Å². The lowest BCUT2D eigenvalue weighted by atomic mass is 10.1. The molecule has 0 bridgehead atoms. The predicted octanol–water partition coefficient (Wildman–Crippen LogP) is 3.08. The van der Waals surface area contributed by atoms with Crippen LogP contribution < -0.4 is 5.73 Å². The lowest BCUT2D eigenvalue weighted by Gasteiger charge is -2.07. The molecule has 1 nitrogen and oxygen atoms in total. The van der Waals surface area contributed by atoms with Crippen molar-refractivity contribution < 1.29 is 0 Å². The molecule has 15 heavy (non-hydrogen) atoms. The van der Waals surface area contributed by atoms with E-state index in [2.05, 4.69) is 43.0 Å². The second kappa shape index (κ2) is 9.08. The second-order valence-electron chi connectivity index (χ2n) is 3.67. The molecule has 0 aromatic heterocycles. The van der Waals surface area contributed by atoms with Gasteiger partial charge in [0.2, 0.25) is 0 Å². The minimum absolute atomic E-state index is 0. The Bertz CT molecular complexity index is 241. The van der Waals surface area contributed by atoms with Crippen LogP contribution in [0.5, 0.6) is 0 Å². The van der Waals surface area contributed by atoms with Gasteiger partial charge in [0.15, 0.2) is 0 Å². The Morgan fingerprint density at radius 2 is 1.80 bits per heavy atom. The molecule has 1 rings (SSSR count). The fraction of sp³-hybridized carbons (Fsp3) is 0.500. The third-order valence-corrected chi connectivity index (χ3v) is 2.84. The SMILES string of the molecule is Cl.N[C@@H](CS)CCCCc1ccccc1. The number of nitrogens with two attached hydrogens (primary N) is 1. The number of halogens is 1. The van der Waals surface area contributed by atoms with E-state index in [0.29, 0.717) is 0 Å². The molecule has 1 aromatic carbocycles. The Morgan fingerprint density at radius 1 is 1.13 bits per heavy atom.